The summed E-state index contributed by atoms with van der Waals surface area (Å²) in [6.45, 7) is 5.55. The van der Waals surface area contributed by atoms with Crippen molar-refractivity contribution in [2.45, 2.75) is 51.7 Å². The molecule has 3 N–H and O–H groups in total. The van der Waals surface area contributed by atoms with Crippen LogP contribution < -0.4 is 11.1 Å². The molecule has 0 saturated heterocycles. The molecule has 0 fully saturated rings. The van der Waals surface area contributed by atoms with Gasteiger partial charge < -0.3 is 15.8 Å². The highest BCUT2D eigenvalue weighted by atomic mass is 35.5. The summed E-state index contributed by atoms with van der Waals surface area (Å²) in [5, 5.41) is 3.22. The molecule has 0 saturated carbocycles. The van der Waals surface area contributed by atoms with Gasteiger partial charge in [-0.25, -0.2) is 9.78 Å². The Labute approximate surface area is 135 Å². The predicted molar refractivity (Wildman–Crippen MR) is 88.6 cm³/mol. The quantitative estimate of drug-likeness (QED) is 0.812. The number of nitrogens with two attached hydrogens (primary N) is 1. The SMILES string of the molecule is CC(C)(C)OC(=O)NC1CC=C(c2ccc(N)c(Cl)n2)CC1. The molecule has 0 spiro atoms. The summed E-state index contributed by atoms with van der Waals surface area (Å²) in [4.78, 5) is 16.1. The van der Waals surface area contributed by atoms with Gasteiger partial charge in [-0.15, -0.1) is 0 Å². The van der Waals surface area contributed by atoms with Crippen LogP contribution >= 0.6 is 11.6 Å². The molecule has 1 heterocycles. The predicted octanol–water partition coefficient (Wildman–Crippen LogP) is 3.78. The average molecular weight is 324 g/mol. The van der Waals surface area contributed by atoms with Gasteiger partial charge in [0.15, 0.2) is 5.15 Å². The van der Waals surface area contributed by atoms with Crippen LogP contribution in [0.15, 0.2) is 18.2 Å². The summed E-state index contributed by atoms with van der Waals surface area (Å²) in [6.07, 6.45) is 4.13. The second kappa shape index (κ2) is 6.57. The minimum absolute atomic E-state index is 0.0860. The highest BCUT2D eigenvalue weighted by molar-refractivity contribution is 6.31. The Bertz CT molecular complexity index is 594. The van der Waals surface area contributed by atoms with Crippen molar-refractivity contribution in [1.29, 1.82) is 0 Å². The molecule has 1 aromatic heterocycles. The van der Waals surface area contributed by atoms with Gasteiger partial charge in [-0.2, -0.15) is 0 Å². The number of nitrogens with zero attached hydrogens (tertiary/aromatic N) is 1. The van der Waals surface area contributed by atoms with E-state index >= 15 is 0 Å². The molecule has 2 rings (SSSR count). The van der Waals surface area contributed by atoms with E-state index in [1.807, 2.05) is 26.8 Å². The number of rotatable bonds is 2. The highest BCUT2D eigenvalue weighted by Gasteiger charge is 2.21. The van der Waals surface area contributed by atoms with Crippen molar-refractivity contribution in [2.24, 2.45) is 0 Å². The van der Waals surface area contributed by atoms with Crippen molar-refractivity contribution >= 4 is 29.0 Å². The van der Waals surface area contributed by atoms with Gasteiger partial charge in [0.1, 0.15) is 5.60 Å². The topological polar surface area (TPSA) is 77.2 Å². The summed E-state index contributed by atoms with van der Waals surface area (Å²) in [6, 6.07) is 3.72. The van der Waals surface area contributed by atoms with Gasteiger partial charge in [0.2, 0.25) is 0 Å². The van der Waals surface area contributed by atoms with Gasteiger partial charge in [-0.3, -0.25) is 0 Å². The summed E-state index contributed by atoms with van der Waals surface area (Å²) >= 11 is 5.96. The van der Waals surface area contributed by atoms with Gasteiger partial charge in [0.05, 0.1) is 11.4 Å². The monoisotopic (exact) mass is 323 g/mol. The Hall–Kier alpha value is -1.75. The summed E-state index contributed by atoms with van der Waals surface area (Å²) in [5.74, 6) is 0. The van der Waals surface area contributed by atoms with Crippen LogP contribution in [0.3, 0.4) is 0 Å². The van der Waals surface area contributed by atoms with Crippen molar-refractivity contribution < 1.29 is 9.53 Å². The van der Waals surface area contributed by atoms with Gasteiger partial charge in [0, 0.05) is 6.04 Å². The van der Waals surface area contributed by atoms with Gasteiger partial charge in [0.25, 0.3) is 0 Å². The minimum atomic E-state index is -0.482. The number of pyridine rings is 1. The molecule has 1 atom stereocenters. The zero-order chi connectivity index (χ0) is 16.3. The Kier molecular flexibility index (Phi) is 4.96. The number of aromatic nitrogens is 1. The molecule has 1 amide bonds. The Balaban J connectivity index is 1.95. The third-order valence-corrected chi connectivity index (χ3v) is 3.64. The molecule has 6 heteroatoms. The van der Waals surface area contributed by atoms with Crippen LogP contribution in [-0.4, -0.2) is 22.7 Å². The molecule has 22 heavy (non-hydrogen) atoms. The number of carbonyl (C=O) groups excluding carboxylic acids is 1. The zero-order valence-corrected chi connectivity index (χ0v) is 13.9. The third-order valence-electron chi connectivity index (χ3n) is 3.34. The average Bonchev–Trinajstić information content (AvgIpc) is 2.40. The second-order valence-corrected chi connectivity index (χ2v) is 6.78. The van der Waals surface area contributed by atoms with Gasteiger partial charge in [-0.05, 0) is 57.7 Å². The van der Waals surface area contributed by atoms with E-state index in [2.05, 4.69) is 16.4 Å². The van der Waals surface area contributed by atoms with Crippen LogP contribution in [0.1, 0.15) is 45.7 Å². The first-order chi connectivity index (χ1) is 10.2. The van der Waals surface area contributed by atoms with E-state index in [0.717, 1.165) is 30.5 Å². The Morgan fingerprint density at radius 1 is 1.45 bits per heavy atom. The number of carbonyl (C=O) groups is 1. The molecular weight excluding hydrogens is 302 g/mol. The number of hydrogen-bond acceptors (Lipinski definition) is 4. The lowest BCUT2D eigenvalue weighted by Gasteiger charge is -2.25. The van der Waals surface area contributed by atoms with E-state index in [0.29, 0.717) is 10.8 Å². The lowest BCUT2D eigenvalue weighted by atomic mass is 9.93. The smallest absolute Gasteiger partial charge is 0.407 e. The third kappa shape index (κ3) is 4.63. The number of amides is 1. The van der Waals surface area contributed by atoms with E-state index in [-0.39, 0.29) is 12.1 Å². The van der Waals surface area contributed by atoms with Crippen molar-refractivity contribution in [1.82, 2.24) is 10.3 Å². The fraction of sp³-hybridized carbons (Fsp3) is 0.500. The largest absolute Gasteiger partial charge is 0.444 e. The molecule has 5 nitrogen and oxygen atoms in total. The Morgan fingerprint density at radius 2 is 2.18 bits per heavy atom. The van der Waals surface area contributed by atoms with Crippen molar-refractivity contribution in [3.05, 3.63) is 29.1 Å². The van der Waals surface area contributed by atoms with Gasteiger partial charge in [-0.1, -0.05) is 17.7 Å². The summed E-state index contributed by atoms with van der Waals surface area (Å²) < 4.78 is 5.27. The molecule has 0 radical (unpaired) electrons. The maximum absolute atomic E-state index is 11.8. The molecule has 0 aliphatic heterocycles. The number of anilines is 1. The number of ether oxygens (including phenoxy) is 1. The number of allylic oxidation sites excluding steroid dienone is 1. The number of alkyl carbamates (subject to hydrolysis) is 1. The van der Waals surface area contributed by atoms with Crippen LogP contribution in [0.25, 0.3) is 5.57 Å². The summed E-state index contributed by atoms with van der Waals surface area (Å²) in [5.41, 5.74) is 7.64. The maximum Gasteiger partial charge on any atom is 0.407 e. The zero-order valence-electron chi connectivity index (χ0n) is 13.1. The van der Waals surface area contributed by atoms with Crippen molar-refractivity contribution in [3.63, 3.8) is 0 Å². The normalized spacial score (nSPS) is 18.5. The first-order valence-corrected chi connectivity index (χ1v) is 7.73. The van der Waals surface area contributed by atoms with Crippen LogP contribution in [-0.2, 0) is 4.74 Å². The number of nitrogens with one attached hydrogen (secondary N) is 1. The number of halogens is 1. The summed E-state index contributed by atoms with van der Waals surface area (Å²) in [7, 11) is 0. The fourth-order valence-corrected chi connectivity index (χ4v) is 2.45. The lowest BCUT2D eigenvalue weighted by molar-refractivity contribution is 0.0502. The first kappa shape index (κ1) is 16.6. The van der Waals surface area contributed by atoms with E-state index in [1.165, 1.54) is 0 Å². The van der Waals surface area contributed by atoms with E-state index in [1.54, 1.807) is 6.07 Å². The van der Waals surface area contributed by atoms with E-state index in [9.17, 15) is 4.79 Å². The molecular formula is C16H22ClN3O2. The standard InChI is InChI=1S/C16H22ClN3O2/c1-16(2,3)22-15(21)19-11-6-4-10(5-7-11)13-9-8-12(18)14(17)20-13/h4,8-9,11H,5-7,18H2,1-3H3,(H,19,21). The van der Waals surface area contributed by atoms with Crippen LogP contribution in [0, 0.1) is 0 Å². The molecule has 1 unspecified atom stereocenters. The van der Waals surface area contributed by atoms with Gasteiger partial charge >= 0.3 is 6.09 Å². The number of nitrogen functional groups attached to an aromatic ring is 1. The molecule has 1 aromatic rings. The van der Waals surface area contributed by atoms with E-state index in [4.69, 9.17) is 22.1 Å². The molecule has 0 bridgehead atoms. The fourth-order valence-electron chi connectivity index (χ4n) is 2.30. The highest BCUT2D eigenvalue weighted by Crippen LogP contribution is 2.28. The van der Waals surface area contributed by atoms with Crippen molar-refractivity contribution in [3.8, 4) is 0 Å². The molecule has 0 aromatic carbocycles. The minimum Gasteiger partial charge on any atom is -0.444 e. The number of hydrogen-bond donors (Lipinski definition) is 2. The second-order valence-electron chi connectivity index (χ2n) is 6.42. The van der Waals surface area contributed by atoms with Crippen LogP contribution in [0.2, 0.25) is 5.15 Å². The molecule has 120 valence electrons. The molecule has 1 aliphatic carbocycles. The lowest BCUT2D eigenvalue weighted by Crippen LogP contribution is -2.39. The first-order valence-electron chi connectivity index (χ1n) is 7.35. The maximum atomic E-state index is 11.8. The molecule has 1 aliphatic rings. The Morgan fingerprint density at radius 3 is 2.73 bits per heavy atom. The van der Waals surface area contributed by atoms with Crippen LogP contribution in [0.5, 0.6) is 0 Å². The van der Waals surface area contributed by atoms with E-state index < -0.39 is 5.60 Å². The van der Waals surface area contributed by atoms with Crippen molar-refractivity contribution in [2.75, 3.05) is 5.73 Å². The van der Waals surface area contributed by atoms with Crippen LogP contribution in [0.4, 0.5) is 10.5 Å².